The highest BCUT2D eigenvalue weighted by Gasteiger charge is 2.16. The summed E-state index contributed by atoms with van der Waals surface area (Å²) in [5.41, 5.74) is 1.99. The summed E-state index contributed by atoms with van der Waals surface area (Å²) in [7, 11) is 0. The summed E-state index contributed by atoms with van der Waals surface area (Å²) in [6.45, 7) is 30.5. The minimum absolute atomic E-state index is 0.469. The Labute approximate surface area is 387 Å². The van der Waals surface area contributed by atoms with Crippen molar-refractivity contribution in [2.24, 2.45) is 47.3 Å². The van der Waals surface area contributed by atoms with E-state index >= 15 is 0 Å². The van der Waals surface area contributed by atoms with Gasteiger partial charge in [0.1, 0.15) is 23.0 Å². The Bertz CT molecular complexity index is 1340. The van der Waals surface area contributed by atoms with Crippen LogP contribution in [0.5, 0.6) is 23.0 Å². The molecular formula is C54H90Br2O4. The highest BCUT2D eigenvalue weighted by atomic mass is 79.9. The Morgan fingerprint density at radius 3 is 0.833 bits per heavy atom. The van der Waals surface area contributed by atoms with Crippen molar-refractivity contribution in [1.82, 2.24) is 0 Å². The number of hydrogen-bond acceptors (Lipinski definition) is 4. The van der Waals surface area contributed by atoms with E-state index in [4.69, 9.17) is 18.9 Å². The van der Waals surface area contributed by atoms with Crippen LogP contribution >= 0.6 is 31.9 Å². The molecule has 6 heteroatoms. The third kappa shape index (κ3) is 24.8. The van der Waals surface area contributed by atoms with Crippen LogP contribution in [0.15, 0.2) is 33.2 Å². The maximum atomic E-state index is 6.64. The molecule has 0 spiro atoms. The van der Waals surface area contributed by atoms with Gasteiger partial charge in [-0.15, -0.1) is 0 Å². The van der Waals surface area contributed by atoms with Crippen molar-refractivity contribution in [2.45, 2.75) is 186 Å². The van der Waals surface area contributed by atoms with Crippen LogP contribution in [0.4, 0.5) is 0 Å². The Hall–Kier alpha value is -1.66. The van der Waals surface area contributed by atoms with Gasteiger partial charge in [0.15, 0.2) is 0 Å². The standard InChI is InChI=1S/C54H90Br2O4/c1-39(2)21-13-17-25-43(9)35-57-51-33-49(55)53(59-37-45(11)27-19-15-23-41(5)6)31-47(51)29-30-48-32-54(60-38-46(12)28-20-16-24-42(7)8)50(56)34-52(48)58-36-44(10)26-18-14-22-40(3)4/h29-34,39-46H,13-28,35-38H2,1-12H3. The first-order chi connectivity index (χ1) is 28.5. The van der Waals surface area contributed by atoms with Crippen LogP contribution in [-0.2, 0) is 0 Å². The summed E-state index contributed by atoms with van der Waals surface area (Å²) >= 11 is 7.71. The molecule has 344 valence electrons. The lowest BCUT2D eigenvalue weighted by Gasteiger charge is -2.19. The lowest BCUT2D eigenvalue weighted by molar-refractivity contribution is 0.240. The molecule has 0 amide bonds. The van der Waals surface area contributed by atoms with Crippen molar-refractivity contribution >= 4 is 44.0 Å². The first-order valence-electron chi connectivity index (χ1n) is 24.4. The predicted molar refractivity (Wildman–Crippen MR) is 269 cm³/mol. The van der Waals surface area contributed by atoms with Crippen LogP contribution in [0.25, 0.3) is 12.2 Å². The van der Waals surface area contributed by atoms with Gasteiger partial charge >= 0.3 is 0 Å². The van der Waals surface area contributed by atoms with Crippen LogP contribution < -0.4 is 18.9 Å². The molecule has 0 heterocycles. The van der Waals surface area contributed by atoms with E-state index < -0.39 is 0 Å². The van der Waals surface area contributed by atoms with Gasteiger partial charge in [-0.3, -0.25) is 0 Å². The molecule has 2 aromatic carbocycles. The fraction of sp³-hybridized carbons (Fsp3) is 0.741. The Morgan fingerprint density at radius 2 is 0.583 bits per heavy atom. The van der Waals surface area contributed by atoms with Crippen molar-refractivity contribution in [1.29, 1.82) is 0 Å². The van der Waals surface area contributed by atoms with E-state index in [0.717, 1.165) is 66.7 Å². The van der Waals surface area contributed by atoms with E-state index in [0.29, 0.717) is 50.1 Å². The molecule has 0 radical (unpaired) electrons. The first-order valence-corrected chi connectivity index (χ1v) is 26.0. The summed E-state index contributed by atoms with van der Waals surface area (Å²) in [6, 6.07) is 8.49. The Balaban J connectivity index is 2.40. The fourth-order valence-electron chi connectivity index (χ4n) is 7.46. The molecule has 0 saturated carbocycles. The summed E-state index contributed by atoms with van der Waals surface area (Å²) < 4.78 is 28.2. The van der Waals surface area contributed by atoms with Gasteiger partial charge in [-0.25, -0.2) is 0 Å². The number of ether oxygens (including phenoxy) is 4. The molecule has 4 atom stereocenters. The highest BCUT2D eigenvalue weighted by Crippen LogP contribution is 2.38. The zero-order chi connectivity index (χ0) is 44.5. The van der Waals surface area contributed by atoms with E-state index in [2.05, 4.69) is 151 Å². The van der Waals surface area contributed by atoms with Gasteiger partial charge in [0.05, 0.1) is 35.4 Å². The summed E-state index contributed by atoms with van der Waals surface area (Å²) in [6.07, 6.45) is 24.3. The largest absolute Gasteiger partial charge is 0.493 e. The second kappa shape index (κ2) is 31.2. The van der Waals surface area contributed by atoms with Crippen molar-refractivity contribution < 1.29 is 18.9 Å². The number of rotatable bonds is 34. The Kier molecular flexibility index (Phi) is 28.4. The number of halogens is 2. The summed E-state index contributed by atoms with van der Waals surface area (Å²) in [4.78, 5) is 0. The van der Waals surface area contributed by atoms with Crippen LogP contribution in [-0.4, -0.2) is 26.4 Å². The minimum atomic E-state index is 0.469. The van der Waals surface area contributed by atoms with Crippen LogP contribution in [0.2, 0.25) is 0 Å². The van der Waals surface area contributed by atoms with Gasteiger partial charge in [0.2, 0.25) is 0 Å². The minimum Gasteiger partial charge on any atom is -0.493 e. The van der Waals surface area contributed by atoms with Gasteiger partial charge in [-0.05, 0) is 129 Å². The third-order valence-corrected chi connectivity index (χ3v) is 12.8. The molecule has 0 fully saturated rings. The van der Waals surface area contributed by atoms with E-state index in [1.54, 1.807) is 0 Å². The molecule has 2 aromatic rings. The average molecular weight is 963 g/mol. The maximum absolute atomic E-state index is 6.64. The summed E-state index contributed by atoms with van der Waals surface area (Å²) in [5.74, 6) is 8.36. The molecule has 4 nitrogen and oxygen atoms in total. The molecule has 60 heavy (non-hydrogen) atoms. The van der Waals surface area contributed by atoms with Crippen LogP contribution in [0, 0.1) is 47.3 Å². The zero-order valence-electron chi connectivity index (χ0n) is 40.6. The van der Waals surface area contributed by atoms with E-state index in [9.17, 15) is 0 Å². The highest BCUT2D eigenvalue weighted by molar-refractivity contribution is 9.11. The van der Waals surface area contributed by atoms with Crippen LogP contribution in [0.3, 0.4) is 0 Å². The van der Waals surface area contributed by atoms with Crippen molar-refractivity contribution in [3.63, 3.8) is 0 Å². The molecular weight excluding hydrogens is 872 g/mol. The maximum Gasteiger partial charge on any atom is 0.134 e. The molecule has 2 rings (SSSR count). The number of hydrogen-bond donors (Lipinski definition) is 0. The van der Waals surface area contributed by atoms with Gasteiger partial charge in [-0.2, -0.15) is 0 Å². The van der Waals surface area contributed by atoms with E-state index in [1.807, 2.05) is 0 Å². The van der Waals surface area contributed by atoms with E-state index in [-0.39, 0.29) is 0 Å². The average Bonchev–Trinajstić information content (AvgIpc) is 3.18. The molecule has 4 unspecified atom stereocenters. The summed E-state index contributed by atoms with van der Waals surface area (Å²) in [5, 5.41) is 0. The first kappa shape index (κ1) is 54.5. The second-order valence-corrected chi connectivity index (χ2v) is 22.1. The molecule has 0 bridgehead atoms. The third-order valence-electron chi connectivity index (χ3n) is 11.6. The van der Waals surface area contributed by atoms with Gasteiger partial charge < -0.3 is 18.9 Å². The molecule has 0 aliphatic rings. The van der Waals surface area contributed by atoms with Gasteiger partial charge in [-0.1, -0.05) is 172 Å². The molecule has 0 aliphatic heterocycles. The smallest absolute Gasteiger partial charge is 0.134 e. The van der Waals surface area contributed by atoms with Crippen molar-refractivity contribution in [3.05, 3.63) is 44.3 Å². The zero-order valence-corrected chi connectivity index (χ0v) is 43.8. The van der Waals surface area contributed by atoms with Crippen LogP contribution in [0.1, 0.15) is 197 Å². The quantitative estimate of drug-likeness (QED) is 0.0517. The van der Waals surface area contributed by atoms with Gasteiger partial charge in [0, 0.05) is 11.1 Å². The lowest BCUT2D eigenvalue weighted by Crippen LogP contribution is -2.11. The molecule has 0 aliphatic carbocycles. The van der Waals surface area contributed by atoms with E-state index in [1.165, 1.54) is 103 Å². The molecule has 0 aromatic heterocycles. The second-order valence-electron chi connectivity index (χ2n) is 20.4. The Morgan fingerprint density at radius 1 is 0.350 bits per heavy atom. The molecule has 0 saturated heterocycles. The topological polar surface area (TPSA) is 36.9 Å². The SMILES string of the molecule is CC(C)CCCCC(C)COc1cc(C=Cc2cc(OCC(C)CCCCC(C)C)c(Br)cc2OCC(C)CCCCC(C)C)c(OCC(C)CCCCC(C)C)cc1Br. The van der Waals surface area contributed by atoms with Crippen molar-refractivity contribution in [2.75, 3.05) is 26.4 Å². The number of unbranched alkanes of at least 4 members (excludes halogenated alkanes) is 4. The predicted octanol–water partition coefficient (Wildman–Crippen LogP) is 18.3. The number of benzene rings is 2. The monoisotopic (exact) mass is 961 g/mol. The molecule has 0 N–H and O–H groups in total. The lowest BCUT2D eigenvalue weighted by atomic mass is 10.0. The van der Waals surface area contributed by atoms with Crippen molar-refractivity contribution in [3.8, 4) is 23.0 Å². The fourth-order valence-corrected chi connectivity index (χ4v) is 8.33. The normalized spacial score (nSPS) is 14.1. The van der Waals surface area contributed by atoms with Gasteiger partial charge in [0.25, 0.3) is 0 Å².